The standard InChI is InChI=1S/C15H25NO2/c1-3-5-7-12(4-2)10-15(14(16)18)9-6-8-13(15)11-17/h12H,3-10H2,1-2H3,(H2,16,18). The van der Waals surface area contributed by atoms with Crippen LogP contribution in [0, 0.1) is 11.3 Å². The van der Waals surface area contributed by atoms with Crippen molar-refractivity contribution in [3.63, 3.8) is 0 Å². The van der Waals surface area contributed by atoms with Crippen molar-refractivity contribution in [2.45, 2.75) is 65.2 Å². The second-order valence-electron chi connectivity index (χ2n) is 5.50. The molecule has 1 amide bonds. The van der Waals surface area contributed by atoms with Gasteiger partial charge in [-0.3, -0.25) is 4.79 Å². The van der Waals surface area contributed by atoms with Gasteiger partial charge in [0.05, 0.1) is 5.41 Å². The minimum absolute atomic E-state index is 0.326. The van der Waals surface area contributed by atoms with Crippen LogP contribution >= 0.6 is 0 Å². The van der Waals surface area contributed by atoms with Gasteiger partial charge in [-0.25, -0.2) is 4.79 Å². The van der Waals surface area contributed by atoms with Crippen molar-refractivity contribution in [1.29, 1.82) is 0 Å². The normalized spacial score (nSPS) is 24.9. The van der Waals surface area contributed by atoms with Gasteiger partial charge in [-0.2, -0.15) is 0 Å². The summed E-state index contributed by atoms with van der Waals surface area (Å²) in [5, 5.41) is 0. The number of nitrogens with two attached hydrogens (primary N) is 1. The van der Waals surface area contributed by atoms with Gasteiger partial charge in [-0.15, -0.1) is 0 Å². The average Bonchev–Trinajstić information content (AvgIpc) is 2.78. The van der Waals surface area contributed by atoms with E-state index < -0.39 is 5.41 Å². The lowest BCUT2D eigenvalue weighted by Crippen LogP contribution is -2.38. The molecule has 0 bridgehead atoms. The van der Waals surface area contributed by atoms with E-state index in [0.29, 0.717) is 17.9 Å². The Morgan fingerprint density at radius 1 is 1.50 bits per heavy atom. The highest BCUT2D eigenvalue weighted by Gasteiger charge is 2.45. The maximum absolute atomic E-state index is 11.8. The van der Waals surface area contributed by atoms with Crippen molar-refractivity contribution >= 4 is 11.8 Å². The Balaban J connectivity index is 2.86. The lowest BCUT2D eigenvalue weighted by atomic mass is 9.73. The Bertz CT molecular complexity index is 344. The largest absolute Gasteiger partial charge is 0.369 e. The first kappa shape index (κ1) is 15.0. The van der Waals surface area contributed by atoms with E-state index in [1.807, 2.05) is 5.94 Å². The van der Waals surface area contributed by atoms with Crippen LogP contribution < -0.4 is 5.73 Å². The average molecular weight is 251 g/mol. The third kappa shape index (κ3) is 3.02. The van der Waals surface area contributed by atoms with Crippen LogP contribution in [0.2, 0.25) is 0 Å². The predicted octanol–water partition coefficient (Wildman–Crippen LogP) is 3.01. The molecular formula is C15H25NO2. The second-order valence-corrected chi connectivity index (χ2v) is 5.50. The molecule has 1 aliphatic rings. The number of primary amides is 1. The highest BCUT2D eigenvalue weighted by atomic mass is 16.1. The molecule has 2 N–H and O–H groups in total. The maximum atomic E-state index is 11.8. The summed E-state index contributed by atoms with van der Waals surface area (Å²) in [6, 6.07) is 0. The van der Waals surface area contributed by atoms with Gasteiger partial charge in [-0.1, -0.05) is 39.5 Å². The highest BCUT2D eigenvalue weighted by molar-refractivity contribution is 5.87. The Morgan fingerprint density at radius 2 is 2.22 bits per heavy atom. The molecule has 0 saturated heterocycles. The molecule has 0 heterocycles. The minimum Gasteiger partial charge on any atom is -0.369 e. The van der Waals surface area contributed by atoms with E-state index in [-0.39, 0.29) is 5.91 Å². The summed E-state index contributed by atoms with van der Waals surface area (Å²) in [6.45, 7) is 4.32. The Kier molecular flexibility index (Phi) is 5.61. The monoisotopic (exact) mass is 251 g/mol. The minimum atomic E-state index is -0.684. The molecule has 0 radical (unpaired) electrons. The van der Waals surface area contributed by atoms with Gasteiger partial charge in [0.25, 0.3) is 0 Å². The van der Waals surface area contributed by atoms with Crippen molar-refractivity contribution in [3.05, 3.63) is 5.57 Å². The van der Waals surface area contributed by atoms with E-state index in [9.17, 15) is 9.59 Å². The van der Waals surface area contributed by atoms with E-state index in [2.05, 4.69) is 13.8 Å². The van der Waals surface area contributed by atoms with Crippen LogP contribution in [-0.2, 0) is 9.59 Å². The summed E-state index contributed by atoms with van der Waals surface area (Å²) in [7, 11) is 0. The smallest absolute Gasteiger partial charge is 0.228 e. The molecule has 0 aromatic rings. The zero-order valence-electron chi connectivity index (χ0n) is 11.6. The van der Waals surface area contributed by atoms with E-state index in [1.165, 1.54) is 6.42 Å². The topological polar surface area (TPSA) is 60.2 Å². The first-order chi connectivity index (χ1) is 8.60. The van der Waals surface area contributed by atoms with Gasteiger partial charge in [0.1, 0.15) is 5.94 Å². The molecule has 0 aliphatic heterocycles. The quantitative estimate of drug-likeness (QED) is 0.707. The van der Waals surface area contributed by atoms with Gasteiger partial charge in [-0.05, 0) is 31.6 Å². The molecule has 0 aromatic carbocycles. The Labute approximate surface area is 110 Å². The van der Waals surface area contributed by atoms with Crippen LogP contribution in [0.25, 0.3) is 0 Å². The van der Waals surface area contributed by atoms with Crippen molar-refractivity contribution in [2.75, 3.05) is 0 Å². The van der Waals surface area contributed by atoms with Crippen LogP contribution in [0.1, 0.15) is 65.2 Å². The molecule has 1 rings (SSSR count). The van der Waals surface area contributed by atoms with Crippen LogP contribution in [0.4, 0.5) is 0 Å². The molecule has 0 spiro atoms. The van der Waals surface area contributed by atoms with E-state index in [0.717, 1.165) is 38.5 Å². The van der Waals surface area contributed by atoms with Crippen LogP contribution in [0.5, 0.6) is 0 Å². The lowest BCUT2D eigenvalue weighted by molar-refractivity contribution is -0.126. The second kappa shape index (κ2) is 6.75. The molecular weight excluding hydrogens is 226 g/mol. The number of rotatable bonds is 7. The maximum Gasteiger partial charge on any atom is 0.228 e. The van der Waals surface area contributed by atoms with Gasteiger partial charge in [0, 0.05) is 5.57 Å². The summed E-state index contributed by atoms with van der Waals surface area (Å²) in [5.41, 5.74) is 5.52. The Morgan fingerprint density at radius 3 is 2.72 bits per heavy atom. The summed E-state index contributed by atoms with van der Waals surface area (Å²) in [4.78, 5) is 22.9. The molecule has 3 nitrogen and oxygen atoms in total. The van der Waals surface area contributed by atoms with E-state index in [4.69, 9.17) is 5.73 Å². The van der Waals surface area contributed by atoms with Crippen LogP contribution in [0.15, 0.2) is 5.57 Å². The number of hydrogen-bond acceptors (Lipinski definition) is 2. The lowest BCUT2D eigenvalue weighted by Gasteiger charge is -2.30. The first-order valence-corrected chi connectivity index (χ1v) is 7.15. The summed E-state index contributed by atoms with van der Waals surface area (Å²) in [6.07, 6.45) is 7.55. The number of amides is 1. The third-order valence-corrected chi connectivity index (χ3v) is 4.38. The molecule has 2 atom stereocenters. The van der Waals surface area contributed by atoms with E-state index >= 15 is 0 Å². The van der Waals surface area contributed by atoms with Gasteiger partial charge in [0.15, 0.2) is 0 Å². The molecule has 3 heteroatoms. The van der Waals surface area contributed by atoms with Gasteiger partial charge < -0.3 is 5.73 Å². The molecule has 102 valence electrons. The Hall–Kier alpha value is -1.08. The zero-order valence-corrected chi connectivity index (χ0v) is 11.6. The molecule has 18 heavy (non-hydrogen) atoms. The summed E-state index contributed by atoms with van der Waals surface area (Å²) in [5.74, 6) is 2.15. The fourth-order valence-corrected chi connectivity index (χ4v) is 3.14. The van der Waals surface area contributed by atoms with Crippen molar-refractivity contribution in [3.8, 4) is 0 Å². The van der Waals surface area contributed by atoms with Gasteiger partial charge in [0.2, 0.25) is 5.91 Å². The van der Waals surface area contributed by atoms with E-state index in [1.54, 1.807) is 0 Å². The van der Waals surface area contributed by atoms with Crippen LogP contribution in [0.3, 0.4) is 0 Å². The van der Waals surface area contributed by atoms with Gasteiger partial charge >= 0.3 is 0 Å². The van der Waals surface area contributed by atoms with Crippen LogP contribution in [-0.4, -0.2) is 11.8 Å². The molecule has 1 fully saturated rings. The SMILES string of the molecule is CCCCC(CC)CC1(C(N)=O)CCCC1=C=O. The highest BCUT2D eigenvalue weighted by Crippen LogP contribution is 2.47. The molecule has 2 unspecified atom stereocenters. The molecule has 1 aliphatic carbocycles. The fraction of sp³-hybridized carbons (Fsp3) is 0.800. The zero-order chi connectivity index (χ0) is 13.6. The summed E-state index contributed by atoms with van der Waals surface area (Å²) < 4.78 is 0. The number of hydrogen-bond donors (Lipinski definition) is 1. The van der Waals surface area contributed by atoms with Crippen molar-refractivity contribution < 1.29 is 9.59 Å². The van der Waals surface area contributed by atoms with Crippen molar-refractivity contribution in [1.82, 2.24) is 0 Å². The molecule has 0 aromatic heterocycles. The number of carbonyl (C=O) groups excluding carboxylic acids is 2. The fourth-order valence-electron chi connectivity index (χ4n) is 3.14. The van der Waals surface area contributed by atoms with Crippen molar-refractivity contribution in [2.24, 2.45) is 17.1 Å². The predicted molar refractivity (Wildman–Crippen MR) is 72.6 cm³/mol. The summed E-state index contributed by atoms with van der Waals surface area (Å²) >= 11 is 0. The molecule has 1 saturated carbocycles. The first-order valence-electron chi connectivity index (χ1n) is 7.15. The third-order valence-electron chi connectivity index (χ3n) is 4.38. The number of unbranched alkanes of at least 4 members (excludes halogenated alkanes) is 1. The number of carbonyl (C=O) groups is 1.